The van der Waals surface area contributed by atoms with Crippen LogP contribution in [0.15, 0.2) is 24.4 Å². The molecule has 0 saturated heterocycles. The van der Waals surface area contributed by atoms with E-state index < -0.39 is 0 Å². The van der Waals surface area contributed by atoms with Gasteiger partial charge >= 0.3 is 0 Å². The summed E-state index contributed by atoms with van der Waals surface area (Å²) in [4.78, 5) is 4.13. The summed E-state index contributed by atoms with van der Waals surface area (Å²) in [5.74, 6) is 0. The lowest BCUT2D eigenvalue weighted by Gasteiger charge is -1.98. The van der Waals surface area contributed by atoms with E-state index in [1.54, 1.807) is 6.20 Å². The van der Waals surface area contributed by atoms with Gasteiger partial charge in [-0.1, -0.05) is 6.07 Å². The van der Waals surface area contributed by atoms with Gasteiger partial charge in [-0.05, 0) is 25.6 Å². The molecule has 0 bridgehead atoms. The molecule has 1 rings (SSSR count). The summed E-state index contributed by atoms with van der Waals surface area (Å²) < 4.78 is 0. The highest BCUT2D eigenvalue weighted by Gasteiger charge is 1.87. The topological polar surface area (TPSA) is 24.9 Å². The Kier molecular flexibility index (Phi) is 2.90. The van der Waals surface area contributed by atoms with Gasteiger partial charge in [0.1, 0.15) is 0 Å². The molecule has 0 amide bonds. The molecule has 1 heterocycles. The third kappa shape index (κ3) is 2.15. The third-order valence-corrected chi connectivity index (χ3v) is 1.21. The fourth-order valence-corrected chi connectivity index (χ4v) is 0.719. The molecule has 0 aliphatic carbocycles. The standard InChI is InChI=1S/C8H11N2/c1-2-9-7-8-5-3-4-6-10-8/h3-6,9H,1-2,7H2. The highest BCUT2D eigenvalue weighted by atomic mass is 14.9. The van der Waals surface area contributed by atoms with Crippen molar-refractivity contribution in [3.8, 4) is 0 Å². The molecule has 0 aliphatic heterocycles. The molecule has 0 spiro atoms. The maximum Gasteiger partial charge on any atom is 0.0541 e. The summed E-state index contributed by atoms with van der Waals surface area (Å²) in [5.41, 5.74) is 1.06. The molecule has 1 aromatic heterocycles. The van der Waals surface area contributed by atoms with E-state index in [0.717, 1.165) is 18.8 Å². The molecule has 1 N–H and O–H groups in total. The predicted octanol–water partition coefficient (Wildman–Crippen LogP) is 1.01. The van der Waals surface area contributed by atoms with Gasteiger partial charge in [0.2, 0.25) is 0 Å². The third-order valence-electron chi connectivity index (χ3n) is 1.21. The van der Waals surface area contributed by atoms with Crippen molar-refractivity contribution in [3.05, 3.63) is 37.0 Å². The first-order valence-corrected chi connectivity index (χ1v) is 3.33. The zero-order chi connectivity index (χ0) is 7.23. The van der Waals surface area contributed by atoms with Gasteiger partial charge < -0.3 is 5.32 Å². The first kappa shape index (κ1) is 7.22. The minimum absolute atomic E-state index is 0.747. The van der Waals surface area contributed by atoms with Gasteiger partial charge in [-0.25, -0.2) is 0 Å². The fourth-order valence-electron chi connectivity index (χ4n) is 0.719. The molecular formula is C8H11N2. The van der Waals surface area contributed by atoms with Crippen molar-refractivity contribution in [2.24, 2.45) is 0 Å². The number of aromatic nitrogens is 1. The fraction of sp³-hybridized carbons (Fsp3) is 0.250. The van der Waals surface area contributed by atoms with E-state index in [-0.39, 0.29) is 0 Å². The monoisotopic (exact) mass is 135 g/mol. The number of nitrogens with one attached hydrogen (secondary N) is 1. The van der Waals surface area contributed by atoms with Crippen LogP contribution in [0.1, 0.15) is 5.69 Å². The maximum atomic E-state index is 4.13. The van der Waals surface area contributed by atoms with Crippen LogP contribution in [0.2, 0.25) is 0 Å². The van der Waals surface area contributed by atoms with Crippen LogP contribution >= 0.6 is 0 Å². The molecule has 0 aliphatic rings. The second-order valence-corrected chi connectivity index (χ2v) is 2.00. The Balaban J connectivity index is 2.43. The van der Waals surface area contributed by atoms with Gasteiger partial charge in [0.25, 0.3) is 0 Å². The van der Waals surface area contributed by atoms with Crippen molar-refractivity contribution >= 4 is 0 Å². The number of rotatable bonds is 3. The number of hydrogen-bond acceptors (Lipinski definition) is 2. The molecule has 2 nitrogen and oxygen atoms in total. The van der Waals surface area contributed by atoms with Crippen LogP contribution in [0.5, 0.6) is 0 Å². The van der Waals surface area contributed by atoms with Gasteiger partial charge in [-0.3, -0.25) is 4.98 Å². The van der Waals surface area contributed by atoms with E-state index in [0.29, 0.717) is 0 Å². The van der Waals surface area contributed by atoms with Crippen molar-refractivity contribution in [2.75, 3.05) is 6.54 Å². The minimum atomic E-state index is 0.747. The van der Waals surface area contributed by atoms with Crippen molar-refractivity contribution in [1.82, 2.24) is 10.3 Å². The summed E-state index contributed by atoms with van der Waals surface area (Å²) in [6.45, 7) is 5.22. The molecule has 0 atom stereocenters. The van der Waals surface area contributed by atoms with Crippen LogP contribution in [0.3, 0.4) is 0 Å². The smallest absolute Gasteiger partial charge is 0.0541 e. The largest absolute Gasteiger partial charge is 0.311 e. The summed E-state index contributed by atoms with van der Waals surface area (Å²) in [7, 11) is 0. The van der Waals surface area contributed by atoms with Crippen LogP contribution in [-0.4, -0.2) is 11.5 Å². The van der Waals surface area contributed by atoms with Crippen LogP contribution in [0.4, 0.5) is 0 Å². The lowest BCUT2D eigenvalue weighted by Crippen LogP contribution is -2.12. The van der Waals surface area contributed by atoms with Gasteiger partial charge in [0.05, 0.1) is 5.69 Å². The molecule has 10 heavy (non-hydrogen) atoms. The van der Waals surface area contributed by atoms with Crippen LogP contribution in [0.25, 0.3) is 0 Å². The molecule has 0 unspecified atom stereocenters. The highest BCUT2D eigenvalue weighted by Crippen LogP contribution is 1.90. The Labute approximate surface area is 61.3 Å². The molecule has 0 aromatic carbocycles. The van der Waals surface area contributed by atoms with E-state index in [2.05, 4.69) is 17.2 Å². The summed E-state index contributed by atoms with van der Waals surface area (Å²) in [6.07, 6.45) is 1.79. The zero-order valence-electron chi connectivity index (χ0n) is 5.88. The summed E-state index contributed by atoms with van der Waals surface area (Å²) in [6, 6.07) is 5.88. The second kappa shape index (κ2) is 4.01. The lowest BCUT2D eigenvalue weighted by atomic mass is 10.3. The molecule has 2 heteroatoms. The summed E-state index contributed by atoms with van der Waals surface area (Å²) >= 11 is 0. The van der Waals surface area contributed by atoms with Crippen molar-refractivity contribution in [2.45, 2.75) is 6.54 Å². The van der Waals surface area contributed by atoms with Crippen molar-refractivity contribution in [3.63, 3.8) is 0 Å². The van der Waals surface area contributed by atoms with E-state index >= 15 is 0 Å². The minimum Gasteiger partial charge on any atom is -0.311 e. The van der Waals surface area contributed by atoms with Crippen molar-refractivity contribution < 1.29 is 0 Å². The normalized spacial score (nSPS) is 9.70. The van der Waals surface area contributed by atoms with E-state index in [9.17, 15) is 0 Å². The van der Waals surface area contributed by atoms with Gasteiger partial charge in [-0.2, -0.15) is 0 Å². The molecule has 53 valence electrons. The Morgan fingerprint density at radius 2 is 2.40 bits per heavy atom. The maximum absolute atomic E-state index is 4.13. The number of nitrogens with zero attached hydrogens (tertiary/aromatic N) is 1. The van der Waals surface area contributed by atoms with Crippen molar-refractivity contribution in [1.29, 1.82) is 0 Å². The SMILES string of the molecule is [CH2]CNCc1ccccn1. The average Bonchev–Trinajstić information content (AvgIpc) is 2.03. The molecular weight excluding hydrogens is 124 g/mol. The Hall–Kier alpha value is -0.890. The van der Waals surface area contributed by atoms with Crippen LogP contribution < -0.4 is 5.32 Å². The van der Waals surface area contributed by atoms with Gasteiger partial charge in [0, 0.05) is 12.7 Å². The highest BCUT2D eigenvalue weighted by molar-refractivity contribution is 5.02. The lowest BCUT2D eigenvalue weighted by molar-refractivity contribution is 0.739. The first-order valence-electron chi connectivity index (χ1n) is 3.33. The summed E-state index contributed by atoms with van der Waals surface area (Å²) in [5, 5.41) is 3.09. The van der Waals surface area contributed by atoms with Gasteiger partial charge in [-0.15, -0.1) is 0 Å². The number of hydrogen-bond donors (Lipinski definition) is 1. The number of pyridine rings is 1. The molecule has 1 aromatic rings. The molecule has 1 radical (unpaired) electrons. The average molecular weight is 135 g/mol. The Morgan fingerprint density at radius 3 is 3.00 bits per heavy atom. The first-order chi connectivity index (χ1) is 4.93. The quantitative estimate of drug-likeness (QED) is 0.669. The Morgan fingerprint density at radius 1 is 1.50 bits per heavy atom. The van der Waals surface area contributed by atoms with E-state index in [1.165, 1.54) is 0 Å². The van der Waals surface area contributed by atoms with E-state index in [4.69, 9.17) is 0 Å². The molecule has 0 fully saturated rings. The zero-order valence-corrected chi connectivity index (χ0v) is 5.88. The van der Waals surface area contributed by atoms with Crippen LogP contribution in [0, 0.1) is 6.92 Å². The Bertz CT molecular complexity index is 172. The predicted molar refractivity (Wildman–Crippen MR) is 41.3 cm³/mol. The van der Waals surface area contributed by atoms with Gasteiger partial charge in [0.15, 0.2) is 0 Å². The van der Waals surface area contributed by atoms with E-state index in [1.807, 2.05) is 18.2 Å². The van der Waals surface area contributed by atoms with Crippen LogP contribution in [-0.2, 0) is 6.54 Å². The molecule has 0 saturated carbocycles. The second-order valence-electron chi connectivity index (χ2n) is 2.00.